The van der Waals surface area contributed by atoms with E-state index < -0.39 is 12.0 Å². The molecule has 0 aromatic carbocycles. The summed E-state index contributed by atoms with van der Waals surface area (Å²) in [6.45, 7) is -0.00463. The Morgan fingerprint density at radius 1 is 1.41 bits per heavy atom. The Hall–Kier alpha value is -1.22. The molecule has 0 aliphatic heterocycles. The van der Waals surface area contributed by atoms with Gasteiger partial charge in [0.25, 0.3) is 0 Å². The maximum Gasteiger partial charge on any atom is 0.321 e. The van der Waals surface area contributed by atoms with Crippen LogP contribution in [0.15, 0.2) is 21.2 Å². The van der Waals surface area contributed by atoms with Gasteiger partial charge in [-0.1, -0.05) is 19.3 Å². The molecule has 8 heteroatoms. The van der Waals surface area contributed by atoms with E-state index in [1.165, 1.54) is 32.1 Å². The van der Waals surface area contributed by atoms with Gasteiger partial charge in [-0.2, -0.15) is 0 Å². The first-order chi connectivity index (χ1) is 10.4. The van der Waals surface area contributed by atoms with Crippen molar-refractivity contribution in [1.29, 1.82) is 0 Å². The minimum Gasteiger partial charge on any atom is -0.480 e. The number of carbonyl (C=O) groups excluding carboxylic acids is 1. The zero-order valence-corrected chi connectivity index (χ0v) is 14.0. The van der Waals surface area contributed by atoms with E-state index in [9.17, 15) is 9.59 Å². The average Bonchev–Trinajstić information content (AvgIpc) is 2.94. The Kier molecular flexibility index (Phi) is 11.7. The summed E-state index contributed by atoms with van der Waals surface area (Å²) in [5, 5.41) is 7.98. The van der Waals surface area contributed by atoms with Crippen molar-refractivity contribution in [2.24, 2.45) is 17.2 Å². The quantitative estimate of drug-likeness (QED) is 0.583. The number of carboxylic acid groups (broad SMARTS) is 1. The van der Waals surface area contributed by atoms with Crippen LogP contribution in [0.3, 0.4) is 0 Å². The molecule has 1 unspecified atom stereocenters. The molecular weight excluding hydrogens is 354 g/mol. The molecule has 1 aliphatic carbocycles. The molecule has 1 heterocycles. The third-order valence-electron chi connectivity index (χ3n) is 2.93. The van der Waals surface area contributed by atoms with Gasteiger partial charge in [-0.05, 0) is 40.9 Å². The molecule has 1 fully saturated rings. The zero-order chi connectivity index (χ0) is 17.0. The first kappa shape index (κ1) is 20.8. The molecule has 1 aromatic heterocycles. The standard InChI is InChI=1S/C6H13N.C5H3BrO2.C3H8N2O2/c7-6-4-2-1-3-5-6;6-5-2-1-4(3-7)8-5;4-1-2(5)3(6)7/h6H,1-5,7H2;1-3H;2H,1,4-5H2,(H,6,7). The number of hydrogen-bond acceptors (Lipinski definition) is 6. The van der Waals surface area contributed by atoms with Gasteiger partial charge in [0.1, 0.15) is 6.04 Å². The molecule has 1 aromatic rings. The van der Waals surface area contributed by atoms with Gasteiger partial charge in [0.15, 0.2) is 16.7 Å². The first-order valence-electron chi connectivity index (χ1n) is 7.05. The van der Waals surface area contributed by atoms with Gasteiger partial charge < -0.3 is 26.7 Å². The van der Waals surface area contributed by atoms with E-state index >= 15 is 0 Å². The maximum absolute atomic E-state index is 9.91. The van der Waals surface area contributed by atoms with Crippen molar-refractivity contribution in [1.82, 2.24) is 0 Å². The van der Waals surface area contributed by atoms with Crippen LogP contribution >= 0.6 is 15.9 Å². The van der Waals surface area contributed by atoms with Gasteiger partial charge in [-0.15, -0.1) is 0 Å². The van der Waals surface area contributed by atoms with E-state index in [4.69, 9.17) is 26.7 Å². The Labute approximate surface area is 138 Å². The van der Waals surface area contributed by atoms with Crippen LogP contribution in [0.4, 0.5) is 0 Å². The first-order valence-corrected chi connectivity index (χ1v) is 7.84. The van der Waals surface area contributed by atoms with E-state index in [0.29, 0.717) is 22.8 Å². The maximum atomic E-state index is 9.91. The fourth-order valence-electron chi connectivity index (χ4n) is 1.63. The molecule has 1 aliphatic rings. The van der Waals surface area contributed by atoms with Gasteiger partial charge >= 0.3 is 5.97 Å². The van der Waals surface area contributed by atoms with Crippen LogP contribution in [0.25, 0.3) is 0 Å². The van der Waals surface area contributed by atoms with Gasteiger partial charge in [-0.25, -0.2) is 0 Å². The fourth-order valence-corrected chi connectivity index (χ4v) is 1.95. The van der Waals surface area contributed by atoms with Crippen LogP contribution in [-0.2, 0) is 4.79 Å². The third-order valence-corrected chi connectivity index (χ3v) is 3.36. The highest BCUT2D eigenvalue weighted by atomic mass is 79.9. The van der Waals surface area contributed by atoms with Crippen molar-refractivity contribution < 1.29 is 19.1 Å². The Morgan fingerprint density at radius 3 is 2.18 bits per heavy atom. The SMILES string of the molecule is NC1CCCCC1.NCC(N)C(=O)O.O=Cc1ccc(Br)o1. The van der Waals surface area contributed by atoms with E-state index in [1.54, 1.807) is 12.1 Å². The summed E-state index contributed by atoms with van der Waals surface area (Å²) >= 11 is 3.05. The second kappa shape index (κ2) is 12.3. The van der Waals surface area contributed by atoms with Crippen molar-refractivity contribution in [2.45, 2.75) is 44.2 Å². The number of furan rings is 1. The van der Waals surface area contributed by atoms with Crippen LogP contribution < -0.4 is 17.2 Å². The number of aliphatic carboxylic acids is 1. The molecule has 0 radical (unpaired) electrons. The number of rotatable bonds is 3. The van der Waals surface area contributed by atoms with Gasteiger partial charge in [0.05, 0.1) is 0 Å². The molecule has 7 N–H and O–H groups in total. The number of hydrogen-bond donors (Lipinski definition) is 4. The van der Waals surface area contributed by atoms with Crippen LogP contribution in [0, 0.1) is 0 Å². The smallest absolute Gasteiger partial charge is 0.321 e. The summed E-state index contributed by atoms with van der Waals surface area (Å²) in [5.41, 5.74) is 15.4. The van der Waals surface area contributed by atoms with Crippen LogP contribution in [0.2, 0.25) is 0 Å². The Balaban J connectivity index is 0.000000302. The number of halogens is 1. The number of nitrogens with two attached hydrogens (primary N) is 3. The van der Waals surface area contributed by atoms with Crippen molar-refractivity contribution in [2.75, 3.05) is 6.54 Å². The largest absolute Gasteiger partial charge is 0.480 e. The van der Waals surface area contributed by atoms with Crippen LogP contribution in [-0.4, -0.2) is 36.0 Å². The zero-order valence-electron chi connectivity index (χ0n) is 12.4. The van der Waals surface area contributed by atoms with E-state index in [-0.39, 0.29) is 6.54 Å². The molecular formula is C14H24BrN3O4. The predicted octanol–water partition coefficient (Wildman–Crippen LogP) is 1.49. The van der Waals surface area contributed by atoms with E-state index in [2.05, 4.69) is 15.9 Å². The fraction of sp³-hybridized carbons (Fsp3) is 0.571. The molecule has 0 saturated heterocycles. The van der Waals surface area contributed by atoms with Gasteiger partial charge in [0, 0.05) is 12.6 Å². The topological polar surface area (TPSA) is 146 Å². The molecule has 1 saturated carbocycles. The molecule has 7 nitrogen and oxygen atoms in total. The molecule has 2 rings (SSSR count). The average molecular weight is 378 g/mol. The molecule has 1 atom stereocenters. The Bertz CT molecular complexity index is 433. The number of carboxylic acids is 1. The van der Waals surface area contributed by atoms with Gasteiger partial charge in [-0.3, -0.25) is 9.59 Å². The van der Waals surface area contributed by atoms with Crippen molar-refractivity contribution >= 4 is 28.2 Å². The summed E-state index contributed by atoms with van der Waals surface area (Å²) in [6, 6.07) is 2.90. The van der Waals surface area contributed by atoms with Crippen molar-refractivity contribution in [3.8, 4) is 0 Å². The lowest BCUT2D eigenvalue weighted by atomic mass is 9.97. The lowest BCUT2D eigenvalue weighted by Crippen LogP contribution is -2.37. The molecule has 0 spiro atoms. The van der Waals surface area contributed by atoms with Crippen molar-refractivity contribution in [3.63, 3.8) is 0 Å². The molecule has 0 amide bonds. The minimum atomic E-state index is -1.05. The summed E-state index contributed by atoms with van der Waals surface area (Å²) < 4.78 is 5.36. The molecule has 22 heavy (non-hydrogen) atoms. The van der Waals surface area contributed by atoms with Crippen molar-refractivity contribution in [3.05, 3.63) is 22.6 Å². The van der Waals surface area contributed by atoms with E-state index in [0.717, 1.165) is 0 Å². The lowest BCUT2D eigenvalue weighted by Gasteiger charge is -2.15. The predicted molar refractivity (Wildman–Crippen MR) is 87.5 cm³/mol. The normalized spacial score (nSPS) is 15.6. The monoisotopic (exact) mass is 377 g/mol. The third kappa shape index (κ3) is 10.5. The van der Waals surface area contributed by atoms with Crippen LogP contribution in [0.1, 0.15) is 42.7 Å². The molecule has 0 bridgehead atoms. The van der Waals surface area contributed by atoms with Crippen LogP contribution in [0.5, 0.6) is 0 Å². The Morgan fingerprint density at radius 2 is 2.00 bits per heavy atom. The highest BCUT2D eigenvalue weighted by Gasteiger charge is 2.06. The van der Waals surface area contributed by atoms with E-state index in [1.807, 2.05) is 0 Å². The minimum absolute atomic E-state index is 0.00463. The second-order valence-electron chi connectivity index (χ2n) is 4.84. The number of aldehydes is 1. The summed E-state index contributed by atoms with van der Waals surface area (Å²) in [6.07, 6.45) is 7.32. The highest BCUT2D eigenvalue weighted by molar-refractivity contribution is 9.10. The highest BCUT2D eigenvalue weighted by Crippen LogP contribution is 2.14. The molecule has 126 valence electrons. The second-order valence-corrected chi connectivity index (χ2v) is 5.62. The summed E-state index contributed by atoms with van der Waals surface area (Å²) in [5.74, 6) is -0.709. The number of carbonyl (C=O) groups is 2. The van der Waals surface area contributed by atoms with Gasteiger partial charge in [0.2, 0.25) is 0 Å². The summed E-state index contributed by atoms with van der Waals surface area (Å²) in [7, 11) is 0. The summed E-state index contributed by atoms with van der Waals surface area (Å²) in [4.78, 5) is 19.6. The lowest BCUT2D eigenvalue weighted by molar-refractivity contribution is -0.138.